The van der Waals surface area contributed by atoms with Gasteiger partial charge in [0.15, 0.2) is 12.1 Å². The summed E-state index contributed by atoms with van der Waals surface area (Å²) < 4.78 is 23.1. The van der Waals surface area contributed by atoms with E-state index in [0.29, 0.717) is 0 Å². The molecule has 0 aromatic carbocycles. The molecule has 2 fully saturated rings. The molecule has 0 amide bonds. The van der Waals surface area contributed by atoms with Crippen molar-refractivity contribution in [3.8, 4) is 0 Å². The molecule has 3 heterocycles. The molecule has 13 N–H and O–H groups in total. The van der Waals surface area contributed by atoms with Gasteiger partial charge in [-0.2, -0.15) is 0 Å². The highest BCUT2D eigenvalue weighted by atomic mass is 16.7. The van der Waals surface area contributed by atoms with Crippen molar-refractivity contribution in [2.24, 2.45) is 23.5 Å². The number of aliphatic hydroxyl groups excluding tert-OH is 9. The number of nitrogens with two attached hydrogens (primary N) is 1. The van der Waals surface area contributed by atoms with E-state index in [-0.39, 0.29) is 31.6 Å². The molecule has 3 rings (SSSR count). The number of carbonyl (C=O) groups is 2. The largest absolute Gasteiger partial charge is 0.481 e. The second kappa shape index (κ2) is 27.4. The van der Waals surface area contributed by atoms with Gasteiger partial charge in [0.2, 0.25) is 0 Å². The standard InChI is InChI=1S/C47H73NO17/c1-27-17-15-13-11-9-7-5-6-8-10-12-14-16-18-34(64-46-44(58)41(48)43(57)30(4)63-46)24-38-40(45(59)60)37(54)26-47(61,65-38)25-33(51)22-36(53)35(52)20-19-31(49)21-32(50)23-39(55)62-29(3)28(2)42(27)56/h5-18,27-38,40-44,46,49-54,56-58,61H,19-26,48H2,1-4H3,(H,59,60)/b6-5+,9-7+,10-8+,13-11+,14-12+,17-15+,18-16?. The van der Waals surface area contributed by atoms with Gasteiger partial charge in [0.1, 0.15) is 18.1 Å². The van der Waals surface area contributed by atoms with Gasteiger partial charge in [-0.25, -0.2) is 0 Å². The van der Waals surface area contributed by atoms with E-state index in [2.05, 4.69) is 0 Å². The average molecular weight is 924 g/mol. The van der Waals surface area contributed by atoms with Crippen molar-refractivity contribution in [2.75, 3.05) is 0 Å². The minimum Gasteiger partial charge on any atom is -0.481 e. The Morgan fingerprint density at radius 1 is 0.662 bits per heavy atom. The third kappa shape index (κ3) is 18.6. The van der Waals surface area contributed by atoms with E-state index < -0.39 is 147 Å². The molecule has 368 valence electrons. The van der Waals surface area contributed by atoms with Gasteiger partial charge in [-0.05, 0) is 33.1 Å². The van der Waals surface area contributed by atoms with E-state index in [1.54, 1.807) is 80.7 Å². The molecule has 18 nitrogen and oxygen atoms in total. The zero-order valence-corrected chi connectivity index (χ0v) is 37.6. The number of carboxylic acids is 1. The van der Waals surface area contributed by atoms with E-state index >= 15 is 0 Å². The van der Waals surface area contributed by atoms with Gasteiger partial charge in [-0.15, -0.1) is 0 Å². The first-order chi connectivity index (χ1) is 30.6. The van der Waals surface area contributed by atoms with Crippen LogP contribution in [-0.2, 0) is 28.5 Å². The molecule has 0 spiro atoms. The molecule has 0 aromatic heterocycles. The van der Waals surface area contributed by atoms with Crippen LogP contribution in [-0.4, -0.2) is 166 Å². The molecule has 3 aliphatic rings. The predicted octanol–water partition coefficient (Wildman–Crippen LogP) is 0.712. The summed E-state index contributed by atoms with van der Waals surface area (Å²) in [5.74, 6) is -6.83. The highest BCUT2D eigenvalue weighted by Gasteiger charge is 2.51. The van der Waals surface area contributed by atoms with Crippen LogP contribution < -0.4 is 5.73 Å². The minimum atomic E-state index is -2.33. The lowest BCUT2D eigenvalue weighted by Gasteiger charge is -2.45. The number of hydrogen-bond donors (Lipinski definition) is 12. The van der Waals surface area contributed by atoms with Crippen molar-refractivity contribution in [3.05, 3.63) is 85.1 Å². The zero-order chi connectivity index (χ0) is 48.4. The van der Waals surface area contributed by atoms with E-state index in [1.165, 1.54) is 13.0 Å². The number of fused-ring (bicyclic) bond motifs is 2. The van der Waals surface area contributed by atoms with Gasteiger partial charge in [0.25, 0.3) is 0 Å². The Morgan fingerprint density at radius 2 is 1.23 bits per heavy atom. The summed E-state index contributed by atoms with van der Waals surface area (Å²) in [6.45, 7) is 6.74. The first kappa shape index (κ1) is 55.9. The Labute approximate surface area is 381 Å². The summed E-state index contributed by atoms with van der Waals surface area (Å²) in [6.07, 6.45) is 3.46. The first-order valence-corrected chi connectivity index (χ1v) is 22.3. The van der Waals surface area contributed by atoms with Crippen LogP contribution in [0.2, 0.25) is 0 Å². The number of esters is 1. The van der Waals surface area contributed by atoms with Crippen LogP contribution >= 0.6 is 0 Å². The summed E-state index contributed by atoms with van der Waals surface area (Å²) in [6, 6.07) is -1.15. The number of cyclic esters (lactones) is 1. The summed E-state index contributed by atoms with van der Waals surface area (Å²) in [7, 11) is 0. The maximum absolute atomic E-state index is 12.6. The molecule has 0 aromatic rings. The first-order valence-electron chi connectivity index (χ1n) is 22.3. The molecule has 19 atom stereocenters. The fraction of sp³-hybridized carbons (Fsp3) is 0.660. The number of carboxylic acid groups (broad SMARTS) is 1. The average Bonchev–Trinajstić information content (AvgIpc) is 3.21. The van der Waals surface area contributed by atoms with Gasteiger partial charge in [-0.1, -0.05) is 98.9 Å². The lowest BCUT2D eigenvalue weighted by molar-refractivity contribution is -0.308. The smallest absolute Gasteiger partial charge is 0.311 e. The molecule has 0 aliphatic carbocycles. The zero-order valence-electron chi connectivity index (χ0n) is 37.6. The Balaban J connectivity index is 1.86. The van der Waals surface area contributed by atoms with Crippen molar-refractivity contribution in [1.29, 1.82) is 0 Å². The predicted molar refractivity (Wildman–Crippen MR) is 237 cm³/mol. The molecule has 0 radical (unpaired) electrons. The summed E-state index contributed by atoms with van der Waals surface area (Å²) in [5.41, 5.74) is 6.02. The van der Waals surface area contributed by atoms with Crippen LogP contribution in [0.5, 0.6) is 0 Å². The van der Waals surface area contributed by atoms with Crippen molar-refractivity contribution in [1.82, 2.24) is 0 Å². The summed E-state index contributed by atoms with van der Waals surface area (Å²) in [4.78, 5) is 25.1. The fourth-order valence-corrected chi connectivity index (χ4v) is 7.97. The molecule has 3 aliphatic heterocycles. The van der Waals surface area contributed by atoms with Gasteiger partial charge < -0.3 is 80.9 Å². The van der Waals surface area contributed by atoms with Gasteiger partial charge in [0, 0.05) is 37.5 Å². The maximum Gasteiger partial charge on any atom is 0.311 e. The van der Waals surface area contributed by atoms with Crippen LogP contribution in [0.25, 0.3) is 0 Å². The number of ether oxygens (including phenoxy) is 4. The second-order valence-electron chi connectivity index (χ2n) is 17.6. The molecule has 65 heavy (non-hydrogen) atoms. The lowest BCUT2D eigenvalue weighted by Crippen LogP contribution is -2.61. The van der Waals surface area contributed by atoms with Crippen molar-refractivity contribution < 1.29 is 84.7 Å². The monoisotopic (exact) mass is 923 g/mol. The summed E-state index contributed by atoms with van der Waals surface area (Å²) in [5, 5.41) is 118. The SMILES string of the molecule is CC1/C=C/C=C/C=C/C=C/C=C/C=C/C=CC(OC2OC(C)C(O)C(N)C2O)CC2OC(O)(CC(O)CC(O)C(O)CCC(O)CC(O)CC(=O)OC(C)C(C)C1O)CC(O)C2C(=O)O. The number of allylic oxidation sites excluding steroid dienone is 12. The molecule has 2 bridgehead atoms. The molecule has 18 heteroatoms. The number of rotatable bonds is 3. The fourth-order valence-electron chi connectivity index (χ4n) is 7.97. The third-order valence-corrected chi connectivity index (χ3v) is 12.0. The molecule has 2 saturated heterocycles. The van der Waals surface area contributed by atoms with Crippen molar-refractivity contribution in [2.45, 2.75) is 177 Å². The second-order valence-corrected chi connectivity index (χ2v) is 17.6. The van der Waals surface area contributed by atoms with E-state index in [1.807, 2.05) is 19.1 Å². The number of hydrogen-bond acceptors (Lipinski definition) is 17. The van der Waals surface area contributed by atoms with Gasteiger partial charge in [-0.3, -0.25) is 9.59 Å². The number of aliphatic carboxylic acids is 1. The molecule has 19 unspecified atom stereocenters. The topological polar surface area (TPSA) is 320 Å². The van der Waals surface area contributed by atoms with Gasteiger partial charge >= 0.3 is 11.9 Å². The number of carbonyl (C=O) groups excluding carboxylic acids is 1. The minimum absolute atomic E-state index is 0.107. The van der Waals surface area contributed by atoms with Gasteiger partial charge in [0.05, 0.1) is 79.6 Å². The molecular weight excluding hydrogens is 851 g/mol. The van der Waals surface area contributed by atoms with Crippen LogP contribution in [0.1, 0.15) is 79.1 Å². The summed E-state index contributed by atoms with van der Waals surface area (Å²) >= 11 is 0. The van der Waals surface area contributed by atoms with Crippen LogP contribution in [0, 0.1) is 17.8 Å². The highest BCUT2D eigenvalue weighted by molar-refractivity contribution is 5.71. The van der Waals surface area contributed by atoms with Crippen molar-refractivity contribution in [3.63, 3.8) is 0 Å². The third-order valence-electron chi connectivity index (χ3n) is 12.0. The number of aliphatic hydroxyl groups is 10. The lowest BCUT2D eigenvalue weighted by atomic mass is 9.82. The highest BCUT2D eigenvalue weighted by Crippen LogP contribution is 2.38. The van der Waals surface area contributed by atoms with Crippen LogP contribution in [0.4, 0.5) is 0 Å². The van der Waals surface area contributed by atoms with E-state index in [4.69, 9.17) is 24.7 Å². The molecular formula is C47H73NO17. The Bertz CT molecular complexity index is 1670. The van der Waals surface area contributed by atoms with E-state index in [9.17, 15) is 65.8 Å². The normalized spacial score (nSPS) is 45.0. The van der Waals surface area contributed by atoms with Crippen molar-refractivity contribution >= 4 is 11.9 Å². The van der Waals surface area contributed by atoms with Crippen LogP contribution in [0.3, 0.4) is 0 Å². The Kier molecular flexibility index (Phi) is 23.6. The Hall–Kier alpha value is -3.44. The molecule has 0 saturated carbocycles. The Morgan fingerprint density at radius 3 is 1.82 bits per heavy atom. The maximum atomic E-state index is 12.6. The van der Waals surface area contributed by atoms with Crippen LogP contribution in [0.15, 0.2) is 85.1 Å². The quantitative estimate of drug-likeness (QED) is 0.174. The van der Waals surface area contributed by atoms with E-state index in [0.717, 1.165) is 0 Å².